The first-order chi connectivity index (χ1) is 10.0. The number of hydrogen-bond donors (Lipinski definition) is 1. The summed E-state index contributed by atoms with van der Waals surface area (Å²) in [7, 11) is 4.01. The molecule has 0 aliphatic rings. The fourth-order valence-electron chi connectivity index (χ4n) is 2.10. The summed E-state index contributed by atoms with van der Waals surface area (Å²) in [5.74, 6) is 1.23. The summed E-state index contributed by atoms with van der Waals surface area (Å²) in [5, 5.41) is 3.19. The third-order valence-electron chi connectivity index (χ3n) is 3.36. The Balaban J connectivity index is 2.26. The van der Waals surface area contributed by atoms with Gasteiger partial charge in [-0.05, 0) is 14.0 Å². The summed E-state index contributed by atoms with van der Waals surface area (Å²) >= 11 is 1.69. The minimum Gasteiger partial charge on any atom is -0.367 e. The maximum Gasteiger partial charge on any atom is 0.131 e. The van der Waals surface area contributed by atoms with Crippen LogP contribution in [-0.2, 0) is 13.1 Å². The number of thiazole rings is 1. The standard InChI is InChI=1S/C15H23N5S/c1-10(2)15-17-7-13(12(19-15)6-16-4)20(5)8-14-11(3)18-9-21-14/h7,9-10,16H,6,8H2,1-5H3. The van der Waals surface area contributed by atoms with E-state index in [1.807, 2.05) is 25.7 Å². The van der Waals surface area contributed by atoms with Crippen molar-refractivity contribution in [2.45, 2.75) is 39.8 Å². The average molecular weight is 305 g/mol. The van der Waals surface area contributed by atoms with Gasteiger partial charge in [0.25, 0.3) is 0 Å². The topological polar surface area (TPSA) is 53.9 Å². The minimum absolute atomic E-state index is 0.337. The molecular weight excluding hydrogens is 282 g/mol. The quantitative estimate of drug-likeness (QED) is 0.889. The minimum atomic E-state index is 0.337. The Bertz CT molecular complexity index is 593. The van der Waals surface area contributed by atoms with Crippen LogP contribution in [-0.4, -0.2) is 29.0 Å². The largest absolute Gasteiger partial charge is 0.367 e. The lowest BCUT2D eigenvalue weighted by Gasteiger charge is -2.22. The molecule has 21 heavy (non-hydrogen) atoms. The van der Waals surface area contributed by atoms with Crippen molar-refractivity contribution in [2.75, 3.05) is 19.0 Å². The lowest BCUT2D eigenvalue weighted by atomic mass is 10.2. The molecule has 0 bridgehead atoms. The number of nitrogens with one attached hydrogen (secondary N) is 1. The zero-order chi connectivity index (χ0) is 15.4. The molecule has 2 aromatic rings. The van der Waals surface area contributed by atoms with Crippen molar-refractivity contribution in [3.05, 3.63) is 33.8 Å². The van der Waals surface area contributed by atoms with E-state index in [-0.39, 0.29) is 0 Å². The molecule has 0 unspecified atom stereocenters. The summed E-state index contributed by atoms with van der Waals surface area (Å²) in [6, 6.07) is 0. The summed E-state index contributed by atoms with van der Waals surface area (Å²) in [5.41, 5.74) is 5.11. The Kier molecular flexibility index (Phi) is 5.25. The Morgan fingerprint density at radius 2 is 2.10 bits per heavy atom. The van der Waals surface area contributed by atoms with Gasteiger partial charge in [-0.3, -0.25) is 0 Å². The van der Waals surface area contributed by atoms with Crippen LogP contribution in [0.4, 0.5) is 5.69 Å². The number of anilines is 1. The maximum absolute atomic E-state index is 4.71. The van der Waals surface area contributed by atoms with Crippen LogP contribution in [0.1, 0.15) is 41.9 Å². The van der Waals surface area contributed by atoms with Gasteiger partial charge in [-0.25, -0.2) is 15.0 Å². The highest BCUT2D eigenvalue weighted by molar-refractivity contribution is 7.09. The van der Waals surface area contributed by atoms with Gasteiger partial charge in [0.15, 0.2) is 0 Å². The van der Waals surface area contributed by atoms with Gasteiger partial charge in [-0.2, -0.15) is 0 Å². The zero-order valence-electron chi connectivity index (χ0n) is 13.3. The Hall–Kier alpha value is -1.53. The molecule has 2 aromatic heterocycles. The summed E-state index contributed by atoms with van der Waals surface area (Å²) in [6.07, 6.45) is 1.94. The summed E-state index contributed by atoms with van der Waals surface area (Å²) < 4.78 is 0. The molecule has 0 fully saturated rings. The van der Waals surface area contributed by atoms with Gasteiger partial charge < -0.3 is 10.2 Å². The highest BCUT2D eigenvalue weighted by Crippen LogP contribution is 2.23. The molecule has 2 heterocycles. The fourth-order valence-corrected chi connectivity index (χ4v) is 2.93. The van der Waals surface area contributed by atoms with E-state index in [0.717, 1.165) is 36.0 Å². The lowest BCUT2D eigenvalue weighted by Crippen LogP contribution is -2.21. The molecule has 0 saturated carbocycles. The van der Waals surface area contributed by atoms with Crippen LogP contribution in [0.25, 0.3) is 0 Å². The number of nitrogens with zero attached hydrogens (tertiary/aromatic N) is 4. The van der Waals surface area contributed by atoms with E-state index >= 15 is 0 Å². The highest BCUT2D eigenvalue weighted by atomic mass is 32.1. The van der Waals surface area contributed by atoms with Crippen LogP contribution in [0.3, 0.4) is 0 Å². The van der Waals surface area contributed by atoms with Gasteiger partial charge in [-0.15, -0.1) is 11.3 Å². The van der Waals surface area contributed by atoms with Gasteiger partial charge in [-0.1, -0.05) is 13.8 Å². The van der Waals surface area contributed by atoms with Crippen LogP contribution in [0.2, 0.25) is 0 Å². The SMILES string of the molecule is CNCc1nc(C(C)C)ncc1N(C)Cc1scnc1C. The van der Waals surface area contributed by atoms with Crippen molar-refractivity contribution < 1.29 is 0 Å². The molecule has 0 saturated heterocycles. The van der Waals surface area contributed by atoms with Gasteiger partial charge >= 0.3 is 0 Å². The second-order valence-corrected chi connectivity index (χ2v) is 6.40. The highest BCUT2D eigenvalue weighted by Gasteiger charge is 2.14. The van der Waals surface area contributed by atoms with E-state index in [1.165, 1.54) is 4.88 Å². The summed E-state index contributed by atoms with van der Waals surface area (Å²) in [4.78, 5) is 17.0. The molecule has 0 amide bonds. The predicted octanol–water partition coefficient (Wildman–Crippen LogP) is 2.72. The van der Waals surface area contributed by atoms with Crippen molar-refractivity contribution >= 4 is 17.0 Å². The second-order valence-electron chi connectivity index (χ2n) is 5.46. The van der Waals surface area contributed by atoms with Crippen LogP contribution in [0.15, 0.2) is 11.7 Å². The monoisotopic (exact) mass is 305 g/mol. The lowest BCUT2D eigenvalue weighted by molar-refractivity contribution is 0.719. The predicted molar refractivity (Wildman–Crippen MR) is 87.8 cm³/mol. The van der Waals surface area contributed by atoms with Crippen molar-refractivity contribution in [1.82, 2.24) is 20.3 Å². The molecule has 2 rings (SSSR count). The van der Waals surface area contributed by atoms with E-state index in [4.69, 9.17) is 4.98 Å². The Morgan fingerprint density at radius 1 is 1.33 bits per heavy atom. The molecule has 0 atom stereocenters. The van der Waals surface area contributed by atoms with Crippen LogP contribution >= 0.6 is 11.3 Å². The first kappa shape index (κ1) is 15.9. The number of aryl methyl sites for hydroxylation is 1. The zero-order valence-corrected chi connectivity index (χ0v) is 14.2. The molecule has 1 N–H and O–H groups in total. The molecule has 0 aromatic carbocycles. The third-order valence-corrected chi connectivity index (χ3v) is 4.28. The Labute approximate surface area is 130 Å². The van der Waals surface area contributed by atoms with E-state index in [0.29, 0.717) is 5.92 Å². The van der Waals surface area contributed by atoms with E-state index < -0.39 is 0 Å². The molecular formula is C15H23N5S. The Morgan fingerprint density at radius 3 is 2.67 bits per heavy atom. The normalized spacial score (nSPS) is 11.1. The van der Waals surface area contributed by atoms with Crippen molar-refractivity contribution in [2.24, 2.45) is 0 Å². The first-order valence-corrected chi connectivity index (χ1v) is 8.01. The van der Waals surface area contributed by atoms with Crippen LogP contribution in [0.5, 0.6) is 0 Å². The van der Waals surface area contributed by atoms with Crippen LogP contribution in [0, 0.1) is 6.92 Å². The molecule has 0 radical (unpaired) electrons. The number of rotatable bonds is 6. The summed E-state index contributed by atoms with van der Waals surface area (Å²) in [6.45, 7) is 7.85. The van der Waals surface area contributed by atoms with Crippen LogP contribution < -0.4 is 10.2 Å². The number of aromatic nitrogens is 3. The maximum atomic E-state index is 4.71. The van der Waals surface area contributed by atoms with E-state index in [9.17, 15) is 0 Å². The van der Waals surface area contributed by atoms with Gasteiger partial charge in [0.2, 0.25) is 0 Å². The second kappa shape index (κ2) is 6.95. The van der Waals surface area contributed by atoms with Gasteiger partial charge in [0.1, 0.15) is 5.82 Å². The molecule has 0 aliphatic heterocycles. The average Bonchev–Trinajstić information content (AvgIpc) is 2.84. The molecule has 6 heteroatoms. The molecule has 5 nitrogen and oxygen atoms in total. The van der Waals surface area contributed by atoms with E-state index in [1.54, 1.807) is 11.3 Å². The van der Waals surface area contributed by atoms with Crippen molar-refractivity contribution in [3.8, 4) is 0 Å². The third kappa shape index (κ3) is 3.77. The fraction of sp³-hybridized carbons (Fsp3) is 0.533. The molecule has 0 spiro atoms. The van der Waals surface area contributed by atoms with Gasteiger partial charge in [0.05, 0.1) is 35.3 Å². The number of hydrogen-bond acceptors (Lipinski definition) is 6. The van der Waals surface area contributed by atoms with Gasteiger partial charge in [0, 0.05) is 24.4 Å². The van der Waals surface area contributed by atoms with E-state index in [2.05, 4.69) is 41.1 Å². The molecule has 0 aliphatic carbocycles. The van der Waals surface area contributed by atoms with Crippen molar-refractivity contribution in [3.63, 3.8) is 0 Å². The molecule has 114 valence electrons. The first-order valence-electron chi connectivity index (χ1n) is 7.13. The smallest absolute Gasteiger partial charge is 0.131 e. The van der Waals surface area contributed by atoms with Crippen molar-refractivity contribution in [1.29, 1.82) is 0 Å².